The lowest BCUT2D eigenvalue weighted by Crippen LogP contribution is -2.14. The van der Waals surface area contributed by atoms with Crippen molar-refractivity contribution < 1.29 is 23.0 Å². The average molecular weight is 481 g/mol. The minimum Gasteiger partial charge on any atom is -0.419 e. The fraction of sp³-hybridized carbons (Fsp3) is 0.636. The molecule has 0 atom stereocenters. The largest absolute Gasteiger partial charge is 0.419 e. The number of carbonyl (C=O) groups excluding carboxylic acids is 1. The first kappa shape index (κ1) is 32.1. The molecule has 2 aliphatic carbocycles. The first-order valence-corrected chi connectivity index (χ1v) is 10.9. The highest BCUT2D eigenvalue weighted by Crippen LogP contribution is 2.26. The Hall–Kier alpha value is -2.13. The van der Waals surface area contributed by atoms with Gasteiger partial charge < -0.3 is 25.4 Å². The molecule has 1 amide bonds. The molecule has 0 aromatic carbocycles. The van der Waals surface area contributed by atoms with Crippen molar-refractivity contribution in [2.45, 2.75) is 65.9 Å². The fourth-order valence-electron chi connectivity index (χ4n) is 1.48. The number of allylic oxidation sites excluding steroid dienone is 3. The van der Waals surface area contributed by atoms with Crippen molar-refractivity contribution in [3.63, 3.8) is 0 Å². The highest BCUT2D eigenvalue weighted by molar-refractivity contribution is 6.29. The molecular weight excluding hydrogens is 442 g/mol. The standard InChI is InChI=1S/C13H19ClF2N4O2.C4H8.C3H6.C2H6O/c1-4-10(19-7-20-11(14)6-18-8-21)5-9(2)12(17-3)22-13(15)16;1-4-2-3-4;1-2-3-1;1-3-2/h5-8,13,17H,4H2,1-3H3,(H,18,21)(H,19,20);4H,2-3H2,1H3;1-3H2;1-2H3/b10-5+,11-6-,12-9+;;;. The highest BCUT2D eigenvalue weighted by atomic mass is 35.5. The number of hydrogen-bond acceptors (Lipinski definition) is 5. The summed E-state index contributed by atoms with van der Waals surface area (Å²) in [6.07, 6.45) is 12.7. The van der Waals surface area contributed by atoms with Crippen LogP contribution in [0, 0.1) is 5.92 Å². The second-order valence-electron chi connectivity index (χ2n) is 6.96. The number of alkyl halides is 2. The van der Waals surface area contributed by atoms with E-state index in [1.165, 1.54) is 51.7 Å². The maximum Gasteiger partial charge on any atom is 0.388 e. The molecule has 32 heavy (non-hydrogen) atoms. The lowest BCUT2D eigenvalue weighted by molar-refractivity contribution is -0.108. The smallest absolute Gasteiger partial charge is 0.388 e. The van der Waals surface area contributed by atoms with E-state index in [9.17, 15) is 13.6 Å². The van der Waals surface area contributed by atoms with Gasteiger partial charge in [0.15, 0.2) is 5.88 Å². The SMILES string of the molecule is C1CC1.CC/C(=C\C(C)=C(/NC)OC(F)F)N=CN/C(Cl)=C\NC=O.CC1CC1.COC. The van der Waals surface area contributed by atoms with E-state index in [1.807, 2.05) is 6.92 Å². The number of amides is 1. The van der Waals surface area contributed by atoms with Crippen molar-refractivity contribution in [2.75, 3.05) is 21.3 Å². The maximum absolute atomic E-state index is 12.2. The van der Waals surface area contributed by atoms with Crippen LogP contribution in [0.3, 0.4) is 0 Å². The van der Waals surface area contributed by atoms with Crippen LogP contribution >= 0.6 is 11.6 Å². The Bertz CT molecular complexity index is 603. The van der Waals surface area contributed by atoms with Gasteiger partial charge in [-0.3, -0.25) is 4.79 Å². The van der Waals surface area contributed by atoms with E-state index in [0.717, 1.165) is 5.92 Å². The topological polar surface area (TPSA) is 84.0 Å². The van der Waals surface area contributed by atoms with Crippen LogP contribution < -0.4 is 16.0 Å². The summed E-state index contributed by atoms with van der Waals surface area (Å²) < 4.78 is 33.1. The van der Waals surface area contributed by atoms with Crippen molar-refractivity contribution in [1.29, 1.82) is 0 Å². The molecule has 2 fully saturated rings. The minimum atomic E-state index is -2.91. The molecule has 2 rings (SSSR count). The molecule has 0 aromatic rings. The third kappa shape index (κ3) is 25.9. The van der Waals surface area contributed by atoms with Crippen LogP contribution in [-0.2, 0) is 14.3 Å². The third-order valence-corrected chi connectivity index (χ3v) is 3.69. The Labute approximate surface area is 196 Å². The first-order chi connectivity index (χ1) is 15.2. The Morgan fingerprint density at radius 3 is 2.12 bits per heavy atom. The van der Waals surface area contributed by atoms with Gasteiger partial charge in [-0.25, -0.2) is 4.99 Å². The van der Waals surface area contributed by atoms with Gasteiger partial charge in [0.1, 0.15) is 5.16 Å². The zero-order chi connectivity index (χ0) is 24.8. The number of nitrogens with one attached hydrogen (secondary N) is 3. The van der Waals surface area contributed by atoms with Crippen LogP contribution in [0.15, 0.2) is 39.6 Å². The number of hydrogen-bond donors (Lipinski definition) is 3. The summed E-state index contributed by atoms with van der Waals surface area (Å²) in [7, 11) is 4.73. The van der Waals surface area contributed by atoms with Gasteiger partial charge in [0.25, 0.3) is 0 Å². The number of aliphatic imine (C=N–C) groups is 1. The molecule has 0 spiro atoms. The molecule has 0 bridgehead atoms. The quantitative estimate of drug-likeness (QED) is 0.0996. The van der Waals surface area contributed by atoms with Crippen LogP contribution in [0.2, 0.25) is 0 Å². The summed E-state index contributed by atoms with van der Waals surface area (Å²) in [5, 5.41) is 7.59. The predicted octanol–water partition coefficient (Wildman–Crippen LogP) is 5.22. The molecular formula is C22H39ClF2N4O3. The molecule has 2 aliphatic rings. The molecule has 2 saturated carbocycles. The van der Waals surface area contributed by atoms with Gasteiger partial charge >= 0.3 is 6.61 Å². The Morgan fingerprint density at radius 1 is 1.25 bits per heavy atom. The molecule has 7 nitrogen and oxygen atoms in total. The highest BCUT2D eigenvalue weighted by Gasteiger charge is 2.12. The van der Waals surface area contributed by atoms with Crippen molar-refractivity contribution >= 4 is 24.3 Å². The van der Waals surface area contributed by atoms with Gasteiger partial charge in [-0.2, -0.15) is 8.78 Å². The molecule has 186 valence electrons. The fourth-order valence-corrected chi connectivity index (χ4v) is 1.59. The first-order valence-electron chi connectivity index (χ1n) is 10.5. The summed E-state index contributed by atoms with van der Waals surface area (Å²) >= 11 is 5.72. The molecule has 10 heteroatoms. The molecule has 0 heterocycles. The van der Waals surface area contributed by atoms with E-state index >= 15 is 0 Å². The van der Waals surface area contributed by atoms with Crippen molar-refractivity contribution in [3.8, 4) is 0 Å². The summed E-state index contributed by atoms with van der Waals surface area (Å²) in [5.74, 6) is 1.05. The van der Waals surface area contributed by atoms with Crippen molar-refractivity contribution in [3.05, 3.63) is 34.6 Å². The third-order valence-electron chi connectivity index (χ3n) is 3.47. The Balaban J connectivity index is 0. The van der Waals surface area contributed by atoms with Crippen LogP contribution in [0.5, 0.6) is 0 Å². The van der Waals surface area contributed by atoms with Gasteiger partial charge in [0, 0.05) is 38.7 Å². The maximum atomic E-state index is 12.2. The number of halogens is 3. The Morgan fingerprint density at radius 2 is 1.78 bits per heavy atom. The zero-order valence-corrected chi connectivity index (χ0v) is 20.8. The summed E-state index contributed by atoms with van der Waals surface area (Å²) in [5.41, 5.74) is 1.09. The predicted molar refractivity (Wildman–Crippen MR) is 127 cm³/mol. The van der Waals surface area contributed by atoms with E-state index in [4.69, 9.17) is 11.6 Å². The number of ether oxygens (including phenoxy) is 2. The molecule has 0 unspecified atom stereocenters. The minimum absolute atomic E-state index is 0.0304. The van der Waals surface area contributed by atoms with E-state index in [0.29, 0.717) is 24.1 Å². The molecule has 0 aromatic heterocycles. The summed E-state index contributed by atoms with van der Waals surface area (Å²) in [6, 6.07) is 0. The van der Waals surface area contributed by atoms with Gasteiger partial charge in [-0.15, -0.1) is 0 Å². The summed E-state index contributed by atoms with van der Waals surface area (Å²) in [6.45, 7) is 2.85. The van der Waals surface area contributed by atoms with Crippen LogP contribution in [0.25, 0.3) is 0 Å². The van der Waals surface area contributed by atoms with Crippen molar-refractivity contribution in [1.82, 2.24) is 16.0 Å². The average Bonchev–Trinajstić information content (AvgIpc) is 3.66. The Kier molecular flexibility index (Phi) is 22.1. The van der Waals surface area contributed by atoms with Crippen LogP contribution in [0.1, 0.15) is 59.3 Å². The van der Waals surface area contributed by atoms with E-state index in [1.54, 1.807) is 27.2 Å². The van der Waals surface area contributed by atoms with E-state index in [2.05, 4.69) is 37.3 Å². The lowest BCUT2D eigenvalue weighted by Gasteiger charge is -2.11. The summed E-state index contributed by atoms with van der Waals surface area (Å²) in [4.78, 5) is 14.2. The molecule has 0 aliphatic heterocycles. The number of methoxy groups -OCH3 is 1. The normalized spacial score (nSPS) is 15.7. The second-order valence-corrected chi connectivity index (χ2v) is 7.37. The van der Waals surface area contributed by atoms with Crippen LogP contribution in [0.4, 0.5) is 8.78 Å². The number of nitrogens with zero attached hydrogens (tertiary/aromatic N) is 1. The van der Waals surface area contributed by atoms with Crippen molar-refractivity contribution in [2.24, 2.45) is 10.9 Å². The number of rotatable bonds is 10. The van der Waals surface area contributed by atoms with E-state index in [-0.39, 0.29) is 11.0 Å². The van der Waals surface area contributed by atoms with Crippen LogP contribution in [-0.4, -0.2) is 40.6 Å². The molecule has 0 radical (unpaired) electrons. The molecule has 0 saturated heterocycles. The zero-order valence-electron chi connectivity index (χ0n) is 20.0. The van der Waals surface area contributed by atoms with E-state index < -0.39 is 6.61 Å². The van der Waals surface area contributed by atoms with Gasteiger partial charge in [-0.05, 0) is 25.3 Å². The molecule has 3 N–H and O–H groups in total. The lowest BCUT2D eigenvalue weighted by atomic mass is 10.2. The monoisotopic (exact) mass is 480 g/mol. The van der Waals surface area contributed by atoms with Gasteiger partial charge in [0.05, 0.1) is 6.34 Å². The van der Waals surface area contributed by atoms with Gasteiger partial charge in [-0.1, -0.05) is 57.6 Å². The number of carbonyl (C=O) groups is 1. The van der Waals surface area contributed by atoms with Gasteiger partial charge in [0.2, 0.25) is 6.41 Å². The second kappa shape index (κ2) is 22.1.